The summed E-state index contributed by atoms with van der Waals surface area (Å²) in [6, 6.07) is 7.78. The van der Waals surface area contributed by atoms with Gasteiger partial charge in [-0.2, -0.15) is 0 Å². The minimum absolute atomic E-state index is 0.161. The molecule has 0 aromatic heterocycles. The molecule has 17 heavy (non-hydrogen) atoms. The first-order valence-corrected chi connectivity index (χ1v) is 6.41. The number of allylic oxidation sites excluding steroid dienone is 1. The van der Waals surface area contributed by atoms with Crippen molar-refractivity contribution in [2.45, 2.75) is 44.8 Å². The van der Waals surface area contributed by atoms with Crippen molar-refractivity contribution in [3.05, 3.63) is 42.0 Å². The Kier molecular flexibility index (Phi) is 4.21. The molecule has 0 saturated carbocycles. The molecule has 92 valence electrons. The third-order valence-electron chi connectivity index (χ3n) is 3.15. The summed E-state index contributed by atoms with van der Waals surface area (Å²) in [5.74, 6) is 0.818. The van der Waals surface area contributed by atoms with Crippen LogP contribution < -0.4 is 4.74 Å². The lowest BCUT2D eigenvalue weighted by molar-refractivity contribution is 0.160. The van der Waals surface area contributed by atoms with Crippen LogP contribution in [0.1, 0.15) is 44.3 Å². The summed E-state index contributed by atoms with van der Waals surface area (Å²) in [4.78, 5) is 0. The molecule has 1 aromatic rings. The SMILES string of the molecule is CC[C@H](O)c1ccccc1OC1C=CCCC1. The van der Waals surface area contributed by atoms with Crippen molar-refractivity contribution in [3.63, 3.8) is 0 Å². The van der Waals surface area contributed by atoms with Gasteiger partial charge in [-0.25, -0.2) is 0 Å². The molecule has 2 nitrogen and oxygen atoms in total. The van der Waals surface area contributed by atoms with Gasteiger partial charge in [-0.15, -0.1) is 0 Å². The Hall–Kier alpha value is -1.28. The van der Waals surface area contributed by atoms with Crippen LogP contribution in [0.2, 0.25) is 0 Å². The number of para-hydroxylation sites is 1. The average Bonchev–Trinajstić information content (AvgIpc) is 2.40. The van der Waals surface area contributed by atoms with E-state index in [0.717, 1.165) is 24.2 Å². The fraction of sp³-hybridized carbons (Fsp3) is 0.467. The highest BCUT2D eigenvalue weighted by atomic mass is 16.5. The second kappa shape index (κ2) is 5.87. The first kappa shape index (κ1) is 12.2. The van der Waals surface area contributed by atoms with E-state index in [1.54, 1.807) is 0 Å². The standard InChI is InChI=1S/C15H20O2/c1-2-14(16)13-10-6-7-11-15(13)17-12-8-4-3-5-9-12/h4,6-8,10-12,14,16H,2-3,5,9H2,1H3/t12?,14-/m0/s1. The average molecular weight is 232 g/mol. The first-order chi connectivity index (χ1) is 8.31. The summed E-state index contributed by atoms with van der Waals surface area (Å²) < 4.78 is 5.96. The zero-order valence-corrected chi connectivity index (χ0v) is 10.3. The minimum Gasteiger partial charge on any atom is -0.486 e. The second-order valence-electron chi connectivity index (χ2n) is 4.48. The Bertz CT molecular complexity index is 384. The van der Waals surface area contributed by atoms with Crippen molar-refractivity contribution in [2.24, 2.45) is 0 Å². The predicted molar refractivity (Wildman–Crippen MR) is 69.1 cm³/mol. The highest BCUT2D eigenvalue weighted by molar-refractivity contribution is 5.35. The van der Waals surface area contributed by atoms with E-state index in [-0.39, 0.29) is 6.10 Å². The predicted octanol–water partition coefficient (Wildman–Crippen LogP) is 3.62. The molecule has 0 aliphatic heterocycles. The lowest BCUT2D eigenvalue weighted by atomic mass is 10.0. The van der Waals surface area contributed by atoms with Gasteiger partial charge in [0, 0.05) is 5.56 Å². The summed E-state index contributed by atoms with van der Waals surface area (Å²) in [6.45, 7) is 1.97. The number of rotatable bonds is 4. The van der Waals surface area contributed by atoms with Crippen molar-refractivity contribution in [1.29, 1.82) is 0 Å². The third-order valence-corrected chi connectivity index (χ3v) is 3.15. The van der Waals surface area contributed by atoms with Gasteiger partial charge in [0.15, 0.2) is 0 Å². The van der Waals surface area contributed by atoms with Crippen molar-refractivity contribution < 1.29 is 9.84 Å². The Morgan fingerprint density at radius 1 is 1.41 bits per heavy atom. The third kappa shape index (κ3) is 3.10. The van der Waals surface area contributed by atoms with Crippen molar-refractivity contribution in [2.75, 3.05) is 0 Å². The Morgan fingerprint density at radius 3 is 2.94 bits per heavy atom. The molecule has 0 saturated heterocycles. The van der Waals surface area contributed by atoms with Gasteiger partial charge in [-0.05, 0) is 37.8 Å². The number of benzene rings is 1. The molecule has 0 bridgehead atoms. The normalized spacial score (nSPS) is 21.2. The molecule has 0 spiro atoms. The maximum Gasteiger partial charge on any atom is 0.126 e. The van der Waals surface area contributed by atoms with Crippen LogP contribution in [0.4, 0.5) is 0 Å². The zero-order chi connectivity index (χ0) is 12.1. The summed E-state index contributed by atoms with van der Waals surface area (Å²) in [5.41, 5.74) is 0.897. The number of aliphatic hydroxyl groups is 1. The molecule has 0 radical (unpaired) electrons. The zero-order valence-electron chi connectivity index (χ0n) is 10.3. The molecule has 2 atom stereocenters. The molecule has 0 fully saturated rings. The van der Waals surface area contributed by atoms with E-state index in [0.29, 0.717) is 6.42 Å². The van der Waals surface area contributed by atoms with E-state index in [4.69, 9.17) is 4.74 Å². The van der Waals surface area contributed by atoms with Gasteiger partial charge < -0.3 is 9.84 Å². The smallest absolute Gasteiger partial charge is 0.126 e. The fourth-order valence-corrected chi connectivity index (χ4v) is 2.13. The molecule has 2 heteroatoms. The van der Waals surface area contributed by atoms with Crippen molar-refractivity contribution >= 4 is 0 Å². The van der Waals surface area contributed by atoms with E-state index >= 15 is 0 Å². The number of ether oxygens (including phenoxy) is 1. The summed E-state index contributed by atoms with van der Waals surface area (Å²) in [6.07, 6.45) is 8.13. The van der Waals surface area contributed by atoms with Gasteiger partial charge in [-0.3, -0.25) is 0 Å². The van der Waals surface area contributed by atoms with Crippen LogP contribution in [0, 0.1) is 0 Å². The topological polar surface area (TPSA) is 29.5 Å². The van der Waals surface area contributed by atoms with E-state index in [1.165, 1.54) is 6.42 Å². The molecule has 1 aromatic carbocycles. The highest BCUT2D eigenvalue weighted by Crippen LogP contribution is 2.29. The van der Waals surface area contributed by atoms with Gasteiger partial charge in [-0.1, -0.05) is 31.2 Å². The number of hydrogen-bond acceptors (Lipinski definition) is 2. The molecular formula is C15H20O2. The molecule has 0 amide bonds. The molecule has 1 unspecified atom stereocenters. The summed E-state index contributed by atoms with van der Waals surface area (Å²) in [5, 5.41) is 9.94. The van der Waals surface area contributed by atoms with Gasteiger partial charge in [0.2, 0.25) is 0 Å². The van der Waals surface area contributed by atoms with Crippen LogP contribution >= 0.6 is 0 Å². The van der Waals surface area contributed by atoms with Gasteiger partial charge >= 0.3 is 0 Å². The lowest BCUT2D eigenvalue weighted by Gasteiger charge is -2.21. The first-order valence-electron chi connectivity index (χ1n) is 6.41. The summed E-state index contributed by atoms with van der Waals surface area (Å²) >= 11 is 0. The van der Waals surface area contributed by atoms with Gasteiger partial charge in [0.1, 0.15) is 11.9 Å². The van der Waals surface area contributed by atoms with E-state index < -0.39 is 6.10 Å². The molecule has 2 rings (SSSR count). The maximum atomic E-state index is 9.94. The van der Waals surface area contributed by atoms with Crippen LogP contribution in [-0.2, 0) is 0 Å². The molecule has 1 aliphatic rings. The van der Waals surface area contributed by atoms with Crippen LogP contribution in [0.25, 0.3) is 0 Å². The fourth-order valence-electron chi connectivity index (χ4n) is 2.13. The van der Waals surface area contributed by atoms with Crippen molar-refractivity contribution in [3.8, 4) is 5.75 Å². The minimum atomic E-state index is -0.432. The lowest BCUT2D eigenvalue weighted by Crippen LogP contribution is -2.17. The quantitative estimate of drug-likeness (QED) is 0.803. The van der Waals surface area contributed by atoms with Crippen LogP contribution in [-0.4, -0.2) is 11.2 Å². The van der Waals surface area contributed by atoms with E-state index in [2.05, 4.69) is 12.2 Å². The maximum absolute atomic E-state index is 9.94. The number of aliphatic hydroxyl groups excluding tert-OH is 1. The Balaban J connectivity index is 2.14. The molecule has 1 aliphatic carbocycles. The molecule has 1 N–H and O–H groups in total. The van der Waals surface area contributed by atoms with Crippen LogP contribution in [0.3, 0.4) is 0 Å². The second-order valence-corrected chi connectivity index (χ2v) is 4.48. The monoisotopic (exact) mass is 232 g/mol. The Morgan fingerprint density at radius 2 is 2.24 bits per heavy atom. The van der Waals surface area contributed by atoms with Crippen molar-refractivity contribution in [1.82, 2.24) is 0 Å². The highest BCUT2D eigenvalue weighted by Gasteiger charge is 2.15. The van der Waals surface area contributed by atoms with E-state index in [9.17, 15) is 5.11 Å². The Labute approximate surface area is 103 Å². The number of hydrogen-bond donors (Lipinski definition) is 1. The van der Waals surface area contributed by atoms with Gasteiger partial charge in [0.05, 0.1) is 6.10 Å². The largest absolute Gasteiger partial charge is 0.486 e. The van der Waals surface area contributed by atoms with Crippen LogP contribution in [0.15, 0.2) is 36.4 Å². The molecule has 0 heterocycles. The van der Waals surface area contributed by atoms with E-state index in [1.807, 2.05) is 31.2 Å². The van der Waals surface area contributed by atoms with Gasteiger partial charge in [0.25, 0.3) is 0 Å². The summed E-state index contributed by atoms with van der Waals surface area (Å²) in [7, 11) is 0. The molecular weight excluding hydrogens is 212 g/mol. The van der Waals surface area contributed by atoms with Crippen LogP contribution in [0.5, 0.6) is 5.75 Å².